The van der Waals surface area contributed by atoms with Gasteiger partial charge in [0.25, 0.3) is 0 Å². The van der Waals surface area contributed by atoms with Crippen molar-refractivity contribution in [2.75, 3.05) is 0 Å². The fourth-order valence-electron chi connectivity index (χ4n) is 2.16. The summed E-state index contributed by atoms with van der Waals surface area (Å²) < 4.78 is 82.6. The third kappa shape index (κ3) is 4.14. The van der Waals surface area contributed by atoms with E-state index in [-0.39, 0.29) is 17.8 Å². The fraction of sp³-hybridized carbons (Fsp3) is 0.176. The third-order valence-corrected chi connectivity index (χ3v) is 3.22. The lowest BCUT2D eigenvalue weighted by Crippen LogP contribution is -2.09. The number of alkyl halides is 6. The van der Waals surface area contributed by atoms with E-state index in [9.17, 15) is 26.3 Å². The summed E-state index contributed by atoms with van der Waals surface area (Å²) in [6.07, 6.45) is -6.17. The van der Waals surface area contributed by atoms with Gasteiger partial charge in [0.05, 0.1) is 17.2 Å². The van der Waals surface area contributed by atoms with Crippen LogP contribution in [0.25, 0.3) is 11.1 Å². The highest BCUT2D eigenvalue weighted by molar-refractivity contribution is 5.79. The van der Waals surface area contributed by atoms with Gasteiger partial charge in [0.15, 0.2) is 11.5 Å². The van der Waals surface area contributed by atoms with Crippen LogP contribution in [0.15, 0.2) is 53.0 Å². The second-order valence-corrected chi connectivity index (χ2v) is 5.02. The number of oxazole rings is 1. The van der Waals surface area contributed by atoms with Gasteiger partial charge >= 0.3 is 12.4 Å². The van der Waals surface area contributed by atoms with Crippen molar-refractivity contribution in [3.63, 3.8) is 0 Å². The summed E-state index contributed by atoms with van der Waals surface area (Å²) in [6.45, 7) is 3.18. The zero-order valence-corrected chi connectivity index (χ0v) is 12.9. The highest BCUT2D eigenvalue weighted by atomic mass is 19.4. The molecule has 0 aliphatic carbocycles. The minimum absolute atomic E-state index is 0.141. The molecule has 136 valence electrons. The van der Waals surface area contributed by atoms with Crippen molar-refractivity contribution in [2.45, 2.75) is 18.8 Å². The molecule has 0 aliphatic heterocycles. The highest BCUT2D eigenvalue weighted by Crippen LogP contribution is 2.37. The summed E-state index contributed by atoms with van der Waals surface area (Å²) in [4.78, 5) is 3.82. The van der Waals surface area contributed by atoms with Gasteiger partial charge < -0.3 is 4.42 Å². The number of halogens is 6. The van der Waals surface area contributed by atoms with Crippen molar-refractivity contribution in [3.05, 3.63) is 65.6 Å². The van der Waals surface area contributed by atoms with E-state index in [0.717, 1.165) is 30.4 Å². The molecule has 0 atom stereocenters. The third-order valence-electron chi connectivity index (χ3n) is 3.22. The lowest BCUT2D eigenvalue weighted by atomic mass is 10.1. The molecule has 1 aromatic heterocycles. The van der Waals surface area contributed by atoms with Crippen molar-refractivity contribution >= 4 is 11.1 Å². The van der Waals surface area contributed by atoms with E-state index in [4.69, 9.17) is 9.68 Å². The van der Waals surface area contributed by atoms with Crippen LogP contribution >= 0.6 is 0 Å². The number of rotatable bonds is 4. The molecular formula is C17H10F6N2O. The number of nitriles is 1. The van der Waals surface area contributed by atoms with Gasteiger partial charge in [-0.05, 0) is 12.1 Å². The molecule has 2 rings (SSSR count). The Kier molecular flexibility index (Phi) is 5.25. The van der Waals surface area contributed by atoms with Crippen molar-refractivity contribution in [3.8, 4) is 6.07 Å². The molecule has 2 aromatic rings. The van der Waals surface area contributed by atoms with Crippen LogP contribution in [0.5, 0.6) is 0 Å². The van der Waals surface area contributed by atoms with Crippen molar-refractivity contribution < 1.29 is 30.8 Å². The van der Waals surface area contributed by atoms with Gasteiger partial charge in [-0.1, -0.05) is 30.9 Å². The first kappa shape index (κ1) is 19.3. The average molecular weight is 372 g/mol. The lowest BCUT2D eigenvalue weighted by molar-refractivity contribution is -0.137. The largest absolute Gasteiger partial charge is 0.440 e. The van der Waals surface area contributed by atoms with Gasteiger partial charge in [-0.15, -0.1) is 0 Å². The number of nitrogens with zero attached hydrogens (tertiary/aromatic N) is 2. The van der Waals surface area contributed by atoms with Crippen LogP contribution in [0.2, 0.25) is 0 Å². The molecule has 0 N–H and O–H groups in total. The van der Waals surface area contributed by atoms with Gasteiger partial charge in [-0.3, -0.25) is 0 Å². The van der Waals surface area contributed by atoms with E-state index >= 15 is 0 Å². The molecule has 0 bridgehead atoms. The molecule has 0 aliphatic rings. The van der Waals surface area contributed by atoms with E-state index in [1.165, 1.54) is 12.1 Å². The minimum atomic E-state index is -4.84. The number of allylic oxidation sites excluding steroid dienone is 5. The number of fused-ring (bicyclic) bond motifs is 1. The second kappa shape index (κ2) is 7.07. The molecule has 3 nitrogen and oxygen atoms in total. The summed E-state index contributed by atoms with van der Waals surface area (Å²) >= 11 is 0. The van der Waals surface area contributed by atoms with Gasteiger partial charge in [0.1, 0.15) is 11.1 Å². The molecule has 9 heteroatoms. The molecule has 1 aromatic carbocycles. The van der Waals surface area contributed by atoms with Gasteiger partial charge in [-0.2, -0.15) is 31.6 Å². The maximum atomic E-state index is 13.2. The number of hydrogen-bond acceptors (Lipinski definition) is 3. The van der Waals surface area contributed by atoms with E-state index in [1.807, 2.05) is 0 Å². The second-order valence-electron chi connectivity index (χ2n) is 5.02. The molecular weight excluding hydrogens is 362 g/mol. The molecule has 0 radical (unpaired) electrons. The Morgan fingerprint density at radius 3 is 2.46 bits per heavy atom. The van der Waals surface area contributed by atoms with Crippen LogP contribution in [0, 0.1) is 11.3 Å². The molecule has 26 heavy (non-hydrogen) atoms. The Hall–Kier alpha value is -3.02. The SMILES string of the molecule is C=C/C=C(\C=C/Cc1nc2ccc(C#N)c(C(F)(F)F)c2o1)C(F)(F)F. The maximum absolute atomic E-state index is 13.2. The summed E-state index contributed by atoms with van der Waals surface area (Å²) in [5.41, 5.74) is -3.64. The van der Waals surface area contributed by atoms with Gasteiger partial charge in [0.2, 0.25) is 0 Å². The molecule has 0 saturated carbocycles. The predicted molar refractivity (Wildman–Crippen MR) is 80.9 cm³/mol. The van der Waals surface area contributed by atoms with E-state index in [1.54, 1.807) is 0 Å². The van der Waals surface area contributed by atoms with Crippen LogP contribution in [-0.4, -0.2) is 11.2 Å². The fourth-order valence-corrected chi connectivity index (χ4v) is 2.16. The predicted octanol–water partition coefficient (Wildman–Crippen LogP) is 5.49. The summed E-state index contributed by atoms with van der Waals surface area (Å²) in [5.74, 6) is -0.211. The van der Waals surface area contributed by atoms with E-state index < -0.39 is 34.6 Å². The smallest absolute Gasteiger partial charge is 0.421 e. The zero-order chi connectivity index (χ0) is 19.5. The van der Waals surface area contributed by atoms with E-state index in [2.05, 4.69) is 11.6 Å². The van der Waals surface area contributed by atoms with Crippen LogP contribution in [0.3, 0.4) is 0 Å². The zero-order valence-electron chi connectivity index (χ0n) is 12.9. The average Bonchev–Trinajstić information content (AvgIpc) is 2.93. The first-order valence-electron chi connectivity index (χ1n) is 7.04. The normalized spacial score (nSPS) is 13.3. The lowest BCUT2D eigenvalue weighted by Gasteiger charge is -2.07. The summed E-state index contributed by atoms with van der Waals surface area (Å²) in [6, 6.07) is 3.57. The standard InChI is InChI=1S/C17H10F6N2O/c1-2-4-11(16(18,19)20)5-3-6-13-25-12-8-7-10(9-24)14(15(12)26-13)17(21,22)23/h2-5,7-8H,1,6H2/b5-3-,11-4+. The Morgan fingerprint density at radius 2 is 1.92 bits per heavy atom. The van der Waals surface area contributed by atoms with Gasteiger partial charge in [0, 0.05) is 6.42 Å². The molecule has 0 saturated heterocycles. The molecule has 0 spiro atoms. The molecule has 0 amide bonds. The first-order chi connectivity index (χ1) is 12.1. The number of hydrogen-bond donors (Lipinski definition) is 0. The number of aromatic nitrogens is 1. The Balaban J connectivity index is 2.39. The first-order valence-corrected chi connectivity index (χ1v) is 7.04. The monoisotopic (exact) mass is 372 g/mol. The number of benzene rings is 1. The highest BCUT2D eigenvalue weighted by Gasteiger charge is 2.38. The molecule has 1 heterocycles. The topological polar surface area (TPSA) is 49.8 Å². The van der Waals surface area contributed by atoms with Crippen molar-refractivity contribution in [1.29, 1.82) is 5.26 Å². The van der Waals surface area contributed by atoms with Crippen molar-refractivity contribution in [1.82, 2.24) is 4.98 Å². The van der Waals surface area contributed by atoms with Crippen molar-refractivity contribution in [2.24, 2.45) is 0 Å². The van der Waals surface area contributed by atoms with Crippen LogP contribution in [0.1, 0.15) is 17.0 Å². The van der Waals surface area contributed by atoms with E-state index in [0.29, 0.717) is 0 Å². The Labute approximate surface area is 143 Å². The quantitative estimate of drug-likeness (QED) is 0.527. The van der Waals surface area contributed by atoms with Crippen LogP contribution in [-0.2, 0) is 12.6 Å². The van der Waals surface area contributed by atoms with Crippen LogP contribution in [0.4, 0.5) is 26.3 Å². The molecule has 0 unspecified atom stereocenters. The molecule has 0 fully saturated rings. The Morgan fingerprint density at radius 1 is 1.23 bits per heavy atom. The summed E-state index contributed by atoms with van der Waals surface area (Å²) in [5, 5.41) is 8.83. The summed E-state index contributed by atoms with van der Waals surface area (Å²) in [7, 11) is 0. The maximum Gasteiger partial charge on any atom is 0.421 e. The minimum Gasteiger partial charge on any atom is -0.440 e. The Bertz CT molecular complexity index is 926. The van der Waals surface area contributed by atoms with Gasteiger partial charge in [-0.25, -0.2) is 4.98 Å². The van der Waals surface area contributed by atoms with Crippen LogP contribution < -0.4 is 0 Å².